The quantitative estimate of drug-likeness (QED) is 0.782. The molecule has 1 aromatic carbocycles. The van der Waals surface area contributed by atoms with Crippen LogP contribution < -0.4 is 14.8 Å². The van der Waals surface area contributed by atoms with Crippen LogP contribution >= 0.6 is 11.8 Å². The van der Waals surface area contributed by atoms with E-state index in [4.69, 9.17) is 14.2 Å². The number of hydrogen-bond acceptors (Lipinski definition) is 5. The number of benzene rings is 1. The normalized spacial score (nSPS) is 17.5. The Balaban J connectivity index is 1.77. The first-order valence-corrected chi connectivity index (χ1v) is 7.94. The first kappa shape index (κ1) is 16.0. The van der Waals surface area contributed by atoms with Gasteiger partial charge in [0.1, 0.15) is 0 Å². The fourth-order valence-corrected chi connectivity index (χ4v) is 2.89. The monoisotopic (exact) mass is 311 g/mol. The van der Waals surface area contributed by atoms with E-state index in [1.165, 1.54) is 11.8 Å². The lowest BCUT2D eigenvalue weighted by atomic mass is 10.2. The average Bonchev–Trinajstić information content (AvgIpc) is 3.04. The molecular weight excluding hydrogens is 290 g/mol. The second kappa shape index (κ2) is 8.14. The number of thioether (sulfide) groups is 1. The topological polar surface area (TPSA) is 56.8 Å². The van der Waals surface area contributed by atoms with Gasteiger partial charge in [-0.3, -0.25) is 4.79 Å². The maximum atomic E-state index is 11.8. The molecular formula is C15H21NO4S. The summed E-state index contributed by atoms with van der Waals surface area (Å²) in [5.74, 6) is 1.75. The highest BCUT2D eigenvalue weighted by atomic mass is 32.2. The van der Waals surface area contributed by atoms with Gasteiger partial charge in [0.2, 0.25) is 5.91 Å². The summed E-state index contributed by atoms with van der Waals surface area (Å²) in [6.07, 6.45) is 2.30. The number of carbonyl (C=O) groups excluding carboxylic acids is 1. The third-order valence-electron chi connectivity index (χ3n) is 3.28. The highest BCUT2D eigenvalue weighted by Gasteiger charge is 2.16. The number of hydrogen-bond donors (Lipinski definition) is 1. The molecule has 1 saturated heterocycles. The minimum Gasteiger partial charge on any atom is -0.493 e. The zero-order chi connectivity index (χ0) is 15.1. The summed E-state index contributed by atoms with van der Waals surface area (Å²) in [6, 6.07) is 5.63. The SMILES string of the molecule is COc1ccc(SCC(=O)NC[C@@H]2CCCO2)cc1OC. The average molecular weight is 311 g/mol. The summed E-state index contributed by atoms with van der Waals surface area (Å²) in [7, 11) is 3.20. The van der Waals surface area contributed by atoms with E-state index in [2.05, 4.69) is 5.32 Å². The van der Waals surface area contributed by atoms with Crippen LogP contribution in [0.5, 0.6) is 11.5 Å². The van der Waals surface area contributed by atoms with Crippen LogP contribution in [-0.2, 0) is 9.53 Å². The molecule has 0 aromatic heterocycles. The molecule has 6 heteroatoms. The van der Waals surface area contributed by atoms with Gasteiger partial charge in [0, 0.05) is 18.0 Å². The standard InChI is InChI=1S/C15H21NO4S/c1-18-13-6-5-12(8-14(13)19-2)21-10-15(17)16-9-11-4-3-7-20-11/h5-6,8,11H,3-4,7,9-10H2,1-2H3,(H,16,17)/t11-/m0/s1. The Morgan fingerprint density at radius 2 is 2.19 bits per heavy atom. The van der Waals surface area contributed by atoms with E-state index in [1.54, 1.807) is 14.2 Å². The van der Waals surface area contributed by atoms with Crippen LogP contribution in [0.15, 0.2) is 23.1 Å². The fourth-order valence-electron chi connectivity index (χ4n) is 2.14. The van der Waals surface area contributed by atoms with Crippen molar-refractivity contribution in [1.29, 1.82) is 0 Å². The van der Waals surface area contributed by atoms with Gasteiger partial charge >= 0.3 is 0 Å². The summed E-state index contributed by atoms with van der Waals surface area (Å²) in [6.45, 7) is 1.41. The van der Waals surface area contributed by atoms with Gasteiger partial charge < -0.3 is 19.5 Å². The van der Waals surface area contributed by atoms with Crippen molar-refractivity contribution in [2.75, 3.05) is 33.1 Å². The minimum absolute atomic E-state index is 0.0188. The Morgan fingerprint density at radius 3 is 2.86 bits per heavy atom. The van der Waals surface area contributed by atoms with Crippen molar-refractivity contribution >= 4 is 17.7 Å². The van der Waals surface area contributed by atoms with Crippen molar-refractivity contribution in [2.45, 2.75) is 23.8 Å². The van der Waals surface area contributed by atoms with Crippen LogP contribution in [0.3, 0.4) is 0 Å². The molecule has 1 amide bonds. The first-order chi connectivity index (χ1) is 10.2. The second-order valence-electron chi connectivity index (χ2n) is 4.74. The number of rotatable bonds is 7. The van der Waals surface area contributed by atoms with Crippen molar-refractivity contribution in [3.63, 3.8) is 0 Å². The van der Waals surface area contributed by atoms with Gasteiger partial charge in [-0.2, -0.15) is 0 Å². The molecule has 0 saturated carbocycles. The second-order valence-corrected chi connectivity index (χ2v) is 5.79. The van der Waals surface area contributed by atoms with E-state index in [0.717, 1.165) is 24.3 Å². The third-order valence-corrected chi connectivity index (χ3v) is 4.27. The zero-order valence-electron chi connectivity index (χ0n) is 12.4. The van der Waals surface area contributed by atoms with E-state index in [9.17, 15) is 4.79 Å². The Morgan fingerprint density at radius 1 is 1.38 bits per heavy atom. The first-order valence-electron chi connectivity index (χ1n) is 6.96. The number of ether oxygens (including phenoxy) is 3. The molecule has 2 rings (SSSR count). The fraction of sp³-hybridized carbons (Fsp3) is 0.533. The largest absolute Gasteiger partial charge is 0.493 e. The van der Waals surface area contributed by atoms with Gasteiger partial charge in [0.05, 0.1) is 26.1 Å². The molecule has 0 aliphatic carbocycles. The molecule has 1 aromatic rings. The van der Waals surface area contributed by atoms with Crippen LogP contribution in [0, 0.1) is 0 Å². The van der Waals surface area contributed by atoms with Crippen molar-refractivity contribution in [3.05, 3.63) is 18.2 Å². The highest BCUT2D eigenvalue weighted by molar-refractivity contribution is 8.00. The lowest BCUT2D eigenvalue weighted by Gasteiger charge is -2.11. The van der Waals surface area contributed by atoms with Crippen molar-refractivity contribution in [2.24, 2.45) is 0 Å². The molecule has 0 bridgehead atoms. The number of carbonyl (C=O) groups is 1. The Kier molecular flexibility index (Phi) is 6.20. The maximum Gasteiger partial charge on any atom is 0.230 e. The summed E-state index contributed by atoms with van der Waals surface area (Å²) in [5, 5.41) is 2.91. The lowest BCUT2D eigenvalue weighted by molar-refractivity contribution is -0.119. The number of amides is 1. The zero-order valence-corrected chi connectivity index (χ0v) is 13.2. The summed E-state index contributed by atoms with van der Waals surface area (Å²) >= 11 is 1.47. The summed E-state index contributed by atoms with van der Waals surface area (Å²) < 4.78 is 15.9. The van der Waals surface area contributed by atoms with E-state index in [-0.39, 0.29) is 12.0 Å². The van der Waals surface area contributed by atoms with Crippen molar-refractivity contribution in [1.82, 2.24) is 5.32 Å². The van der Waals surface area contributed by atoms with Crippen LogP contribution in [0.25, 0.3) is 0 Å². The van der Waals surface area contributed by atoms with Crippen LogP contribution in [0.4, 0.5) is 0 Å². The molecule has 1 fully saturated rings. The van der Waals surface area contributed by atoms with Crippen molar-refractivity contribution < 1.29 is 19.0 Å². The predicted molar refractivity (Wildman–Crippen MR) is 82.3 cm³/mol. The molecule has 1 atom stereocenters. The van der Waals surface area contributed by atoms with E-state index >= 15 is 0 Å². The molecule has 1 heterocycles. The van der Waals surface area contributed by atoms with Gasteiger partial charge in [0.25, 0.3) is 0 Å². The van der Waals surface area contributed by atoms with Crippen LogP contribution in [-0.4, -0.2) is 45.1 Å². The smallest absolute Gasteiger partial charge is 0.230 e. The minimum atomic E-state index is 0.0188. The summed E-state index contributed by atoms with van der Waals surface area (Å²) in [4.78, 5) is 12.8. The summed E-state index contributed by atoms with van der Waals surface area (Å²) in [5.41, 5.74) is 0. The van der Waals surface area contributed by atoms with Gasteiger partial charge in [0.15, 0.2) is 11.5 Å². The van der Waals surface area contributed by atoms with E-state index in [0.29, 0.717) is 23.8 Å². The van der Waals surface area contributed by atoms with E-state index < -0.39 is 0 Å². The molecule has 21 heavy (non-hydrogen) atoms. The lowest BCUT2D eigenvalue weighted by Crippen LogP contribution is -2.32. The molecule has 0 radical (unpaired) electrons. The molecule has 1 aliphatic heterocycles. The molecule has 1 N–H and O–H groups in total. The van der Waals surface area contributed by atoms with Gasteiger partial charge in [-0.05, 0) is 31.0 Å². The molecule has 0 spiro atoms. The Labute approximate surface area is 129 Å². The van der Waals surface area contributed by atoms with Gasteiger partial charge in [-0.1, -0.05) is 0 Å². The molecule has 116 valence electrons. The Bertz CT molecular complexity index is 475. The van der Waals surface area contributed by atoms with Gasteiger partial charge in [-0.25, -0.2) is 0 Å². The predicted octanol–water partition coefficient (Wildman–Crippen LogP) is 2.09. The highest BCUT2D eigenvalue weighted by Crippen LogP contribution is 2.31. The number of nitrogens with one attached hydrogen (secondary N) is 1. The molecule has 1 aliphatic rings. The third kappa shape index (κ3) is 4.82. The van der Waals surface area contributed by atoms with Crippen LogP contribution in [0.2, 0.25) is 0 Å². The van der Waals surface area contributed by atoms with Gasteiger partial charge in [-0.15, -0.1) is 11.8 Å². The number of methoxy groups -OCH3 is 2. The van der Waals surface area contributed by atoms with E-state index in [1.807, 2.05) is 18.2 Å². The maximum absolute atomic E-state index is 11.8. The molecule has 0 unspecified atom stereocenters. The Hall–Kier alpha value is -1.40. The molecule has 5 nitrogen and oxygen atoms in total. The van der Waals surface area contributed by atoms with Crippen molar-refractivity contribution in [3.8, 4) is 11.5 Å². The van der Waals surface area contributed by atoms with Crippen LogP contribution in [0.1, 0.15) is 12.8 Å².